The van der Waals surface area contributed by atoms with Crippen LogP contribution in [0.3, 0.4) is 0 Å². The van der Waals surface area contributed by atoms with E-state index in [4.69, 9.17) is 5.73 Å². The first kappa shape index (κ1) is 19.1. The van der Waals surface area contributed by atoms with Gasteiger partial charge in [-0.1, -0.05) is 50.2 Å². The lowest BCUT2D eigenvalue weighted by Crippen LogP contribution is -2.39. The Morgan fingerprint density at radius 1 is 1.21 bits per heavy atom. The standard InChI is InChI=1S/C22H26N6O/c1-14(2)20(28-26-21(25-27-28)15-7-4-3-5-8-15)22(29)24-19-10-6-9-16-13-17(23)11-12-18(16)19/h3-5,7-8,11-14,19-20H,6,9-10,23H2,1-2H3,(H,24,29). The molecule has 1 aliphatic carbocycles. The molecule has 0 saturated heterocycles. The largest absolute Gasteiger partial charge is 0.399 e. The first-order valence-corrected chi connectivity index (χ1v) is 10.1. The van der Waals surface area contributed by atoms with Gasteiger partial charge in [0.15, 0.2) is 6.04 Å². The monoisotopic (exact) mass is 390 g/mol. The van der Waals surface area contributed by atoms with Crippen LogP contribution in [0.15, 0.2) is 48.5 Å². The third-order valence-corrected chi connectivity index (χ3v) is 5.41. The molecule has 0 radical (unpaired) electrons. The van der Waals surface area contributed by atoms with Crippen molar-refractivity contribution >= 4 is 11.6 Å². The van der Waals surface area contributed by atoms with Crippen LogP contribution in [-0.4, -0.2) is 26.1 Å². The number of hydrogen-bond donors (Lipinski definition) is 2. The van der Waals surface area contributed by atoms with Gasteiger partial charge >= 0.3 is 0 Å². The number of amides is 1. The molecule has 0 spiro atoms. The third kappa shape index (κ3) is 3.99. The number of fused-ring (bicyclic) bond motifs is 1. The van der Waals surface area contributed by atoms with Gasteiger partial charge in [-0.15, -0.1) is 10.2 Å². The molecule has 1 aliphatic rings. The molecule has 29 heavy (non-hydrogen) atoms. The number of nitrogens with two attached hydrogens (primary N) is 1. The highest BCUT2D eigenvalue weighted by Crippen LogP contribution is 2.32. The molecule has 2 aromatic carbocycles. The molecule has 3 aromatic rings. The highest BCUT2D eigenvalue weighted by atomic mass is 16.2. The zero-order chi connectivity index (χ0) is 20.4. The Morgan fingerprint density at radius 2 is 2.00 bits per heavy atom. The Kier molecular flexibility index (Phi) is 5.29. The SMILES string of the molecule is CC(C)C(C(=O)NC1CCCc2cc(N)ccc21)n1nnc(-c2ccccc2)n1. The number of anilines is 1. The van der Waals surface area contributed by atoms with Crippen LogP contribution in [0.25, 0.3) is 11.4 Å². The van der Waals surface area contributed by atoms with E-state index in [0.29, 0.717) is 5.82 Å². The summed E-state index contributed by atoms with van der Waals surface area (Å²) in [5.74, 6) is 0.441. The summed E-state index contributed by atoms with van der Waals surface area (Å²) in [7, 11) is 0. The molecule has 1 aromatic heterocycles. The highest BCUT2D eigenvalue weighted by Gasteiger charge is 2.30. The van der Waals surface area contributed by atoms with Gasteiger partial charge in [0, 0.05) is 11.3 Å². The number of carbonyl (C=O) groups is 1. The van der Waals surface area contributed by atoms with Crippen LogP contribution < -0.4 is 11.1 Å². The van der Waals surface area contributed by atoms with Crippen molar-refractivity contribution in [2.24, 2.45) is 5.92 Å². The van der Waals surface area contributed by atoms with Gasteiger partial charge in [-0.05, 0) is 53.7 Å². The molecular formula is C22H26N6O. The average Bonchev–Trinajstić information content (AvgIpc) is 3.18. The molecule has 4 rings (SSSR count). The molecule has 3 N–H and O–H groups in total. The first-order chi connectivity index (χ1) is 14.0. The van der Waals surface area contributed by atoms with E-state index >= 15 is 0 Å². The molecule has 2 unspecified atom stereocenters. The van der Waals surface area contributed by atoms with E-state index in [9.17, 15) is 4.79 Å². The average molecular weight is 390 g/mol. The van der Waals surface area contributed by atoms with Gasteiger partial charge in [0.2, 0.25) is 11.7 Å². The van der Waals surface area contributed by atoms with E-state index in [-0.39, 0.29) is 17.9 Å². The second-order valence-electron chi connectivity index (χ2n) is 7.90. The maximum Gasteiger partial charge on any atom is 0.247 e. The van der Waals surface area contributed by atoms with Crippen LogP contribution in [0.5, 0.6) is 0 Å². The molecule has 0 bridgehead atoms. The van der Waals surface area contributed by atoms with E-state index < -0.39 is 6.04 Å². The molecule has 7 heteroatoms. The highest BCUT2D eigenvalue weighted by molar-refractivity contribution is 5.81. The molecule has 150 valence electrons. The van der Waals surface area contributed by atoms with Gasteiger partial charge in [-0.3, -0.25) is 4.79 Å². The van der Waals surface area contributed by atoms with Crippen molar-refractivity contribution in [3.63, 3.8) is 0 Å². The van der Waals surface area contributed by atoms with Crippen molar-refractivity contribution in [3.8, 4) is 11.4 Å². The third-order valence-electron chi connectivity index (χ3n) is 5.41. The van der Waals surface area contributed by atoms with E-state index in [1.807, 2.05) is 62.4 Å². The summed E-state index contributed by atoms with van der Waals surface area (Å²) < 4.78 is 0. The maximum atomic E-state index is 13.2. The number of nitrogens with zero attached hydrogens (tertiary/aromatic N) is 4. The Labute approximate surface area is 170 Å². The number of rotatable bonds is 5. The number of hydrogen-bond acceptors (Lipinski definition) is 5. The molecule has 0 aliphatic heterocycles. The van der Waals surface area contributed by atoms with Crippen LogP contribution in [0.4, 0.5) is 5.69 Å². The van der Waals surface area contributed by atoms with Crippen molar-refractivity contribution in [1.82, 2.24) is 25.5 Å². The predicted molar refractivity (Wildman–Crippen MR) is 112 cm³/mol. The Hall–Kier alpha value is -3.22. The smallest absolute Gasteiger partial charge is 0.247 e. The lowest BCUT2D eigenvalue weighted by molar-refractivity contribution is -0.127. The second-order valence-corrected chi connectivity index (χ2v) is 7.90. The minimum atomic E-state index is -0.529. The van der Waals surface area contributed by atoms with Gasteiger partial charge in [0.1, 0.15) is 0 Å². The van der Waals surface area contributed by atoms with Gasteiger partial charge in [0.25, 0.3) is 0 Å². The van der Waals surface area contributed by atoms with Crippen molar-refractivity contribution < 1.29 is 4.79 Å². The van der Waals surface area contributed by atoms with E-state index in [1.54, 1.807) is 0 Å². The fraction of sp³-hybridized carbons (Fsp3) is 0.364. The van der Waals surface area contributed by atoms with Gasteiger partial charge < -0.3 is 11.1 Å². The van der Waals surface area contributed by atoms with Crippen LogP contribution in [0, 0.1) is 5.92 Å². The number of tetrazole rings is 1. The molecule has 7 nitrogen and oxygen atoms in total. The topological polar surface area (TPSA) is 98.7 Å². The van der Waals surface area contributed by atoms with E-state index in [0.717, 1.165) is 36.1 Å². The molecule has 0 fully saturated rings. The summed E-state index contributed by atoms with van der Waals surface area (Å²) in [6, 6.07) is 15.0. The van der Waals surface area contributed by atoms with Crippen molar-refractivity contribution in [2.75, 3.05) is 5.73 Å². The van der Waals surface area contributed by atoms with Crippen molar-refractivity contribution in [1.29, 1.82) is 0 Å². The number of carbonyl (C=O) groups excluding carboxylic acids is 1. The summed E-state index contributed by atoms with van der Waals surface area (Å²) in [6.07, 6.45) is 2.92. The molecule has 0 saturated carbocycles. The summed E-state index contributed by atoms with van der Waals surface area (Å²) >= 11 is 0. The van der Waals surface area contributed by atoms with Crippen LogP contribution in [0.2, 0.25) is 0 Å². The van der Waals surface area contributed by atoms with E-state index in [2.05, 4.69) is 20.7 Å². The Morgan fingerprint density at radius 3 is 2.76 bits per heavy atom. The summed E-state index contributed by atoms with van der Waals surface area (Å²) in [4.78, 5) is 14.7. The summed E-state index contributed by atoms with van der Waals surface area (Å²) in [5, 5.41) is 16.0. The number of aryl methyl sites for hydroxylation is 1. The van der Waals surface area contributed by atoms with Crippen molar-refractivity contribution in [2.45, 2.75) is 45.2 Å². The Balaban J connectivity index is 1.56. The van der Waals surface area contributed by atoms with Gasteiger partial charge in [0.05, 0.1) is 6.04 Å². The molecule has 2 atom stereocenters. The summed E-state index contributed by atoms with van der Waals surface area (Å²) in [5.41, 5.74) is 9.93. The van der Waals surface area contributed by atoms with E-state index in [1.165, 1.54) is 10.4 Å². The lowest BCUT2D eigenvalue weighted by Gasteiger charge is -2.29. The van der Waals surface area contributed by atoms with Crippen LogP contribution in [-0.2, 0) is 11.2 Å². The van der Waals surface area contributed by atoms with Crippen LogP contribution in [0.1, 0.15) is 49.9 Å². The fourth-order valence-electron chi connectivity index (χ4n) is 3.96. The van der Waals surface area contributed by atoms with Crippen LogP contribution >= 0.6 is 0 Å². The predicted octanol–water partition coefficient (Wildman–Crippen LogP) is 3.31. The molecular weight excluding hydrogens is 364 g/mol. The number of nitrogens with one attached hydrogen (secondary N) is 1. The summed E-state index contributed by atoms with van der Waals surface area (Å²) in [6.45, 7) is 3.98. The zero-order valence-corrected chi connectivity index (χ0v) is 16.7. The van der Waals surface area contributed by atoms with Gasteiger partial charge in [-0.25, -0.2) is 0 Å². The fourth-order valence-corrected chi connectivity index (χ4v) is 3.96. The molecule has 1 amide bonds. The normalized spacial score (nSPS) is 17.0. The minimum absolute atomic E-state index is 0.0160. The maximum absolute atomic E-state index is 13.2. The van der Waals surface area contributed by atoms with Gasteiger partial charge in [-0.2, -0.15) is 4.80 Å². The lowest BCUT2D eigenvalue weighted by atomic mass is 9.87. The first-order valence-electron chi connectivity index (χ1n) is 10.1. The Bertz CT molecular complexity index is 998. The molecule has 1 heterocycles. The number of aromatic nitrogens is 4. The quantitative estimate of drug-likeness (QED) is 0.651. The number of benzene rings is 2. The second kappa shape index (κ2) is 8.03. The van der Waals surface area contributed by atoms with Crippen molar-refractivity contribution in [3.05, 3.63) is 59.7 Å². The minimum Gasteiger partial charge on any atom is -0.399 e. The number of nitrogen functional groups attached to an aromatic ring is 1. The zero-order valence-electron chi connectivity index (χ0n) is 16.7.